The number of nitrogens with zero attached hydrogens (tertiary/aromatic N) is 1. The summed E-state index contributed by atoms with van der Waals surface area (Å²) < 4.78 is 0. The molecule has 92 valence electrons. The summed E-state index contributed by atoms with van der Waals surface area (Å²) in [6, 6.07) is 0. The molecule has 3 atom stereocenters. The van der Waals surface area contributed by atoms with Crippen molar-refractivity contribution in [2.75, 3.05) is 13.1 Å². The lowest BCUT2D eigenvalue weighted by Gasteiger charge is -2.31. The second kappa shape index (κ2) is 3.24. The summed E-state index contributed by atoms with van der Waals surface area (Å²) >= 11 is 0. The Labute approximate surface area is 99.4 Å². The van der Waals surface area contributed by atoms with Crippen LogP contribution in [0.25, 0.3) is 0 Å². The van der Waals surface area contributed by atoms with Crippen molar-refractivity contribution < 1.29 is 4.79 Å². The highest BCUT2D eigenvalue weighted by Gasteiger charge is 2.62. The maximum atomic E-state index is 12.3. The van der Waals surface area contributed by atoms with E-state index >= 15 is 0 Å². The van der Waals surface area contributed by atoms with Gasteiger partial charge >= 0.3 is 0 Å². The monoisotopic (exact) mass is 223 g/mol. The zero-order valence-electron chi connectivity index (χ0n) is 11.5. The molecule has 1 aliphatic carbocycles. The van der Waals surface area contributed by atoms with Crippen molar-refractivity contribution in [1.82, 2.24) is 4.90 Å². The molecule has 1 aliphatic heterocycles. The molecule has 1 saturated carbocycles. The lowest BCUT2D eigenvalue weighted by atomic mass is 9.81. The van der Waals surface area contributed by atoms with Crippen LogP contribution in [0.15, 0.2) is 0 Å². The molecule has 2 aliphatic rings. The van der Waals surface area contributed by atoms with Crippen molar-refractivity contribution in [3.8, 4) is 0 Å². The average Bonchev–Trinajstić information content (AvgIpc) is 2.57. The van der Waals surface area contributed by atoms with Crippen LogP contribution in [-0.2, 0) is 4.79 Å². The van der Waals surface area contributed by atoms with Crippen LogP contribution in [0.3, 0.4) is 0 Å². The molecule has 1 heterocycles. The summed E-state index contributed by atoms with van der Waals surface area (Å²) in [5.74, 6) is 2.02. The Morgan fingerprint density at radius 1 is 1.25 bits per heavy atom. The quantitative estimate of drug-likeness (QED) is 0.669. The van der Waals surface area contributed by atoms with Crippen molar-refractivity contribution in [2.45, 2.75) is 41.5 Å². The highest BCUT2D eigenvalue weighted by atomic mass is 16.2. The zero-order valence-corrected chi connectivity index (χ0v) is 11.5. The lowest BCUT2D eigenvalue weighted by molar-refractivity contribution is -0.138. The minimum absolute atomic E-state index is 0.0827. The first kappa shape index (κ1) is 11.9. The van der Waals surface area contributed by atoms with Crippen molar-refractivity contribution >= 4 is 5.91 Å². The molecule has 3 unspecified atom stereocenters. The van der Waals surface area contributed by atoms with Gasteiger partial charge in [-0.05, 0) is 22.7 Å². The van der Waals surface area contributed by atoms with E-state index < -0.39 is 0 Å². The van der Waals surface area contributed by atoms with Gasteiger partial charge in [0.05, 0.1) is 0 Å². The molecule has 0 bridgehead atoms. The first-order chi connectivity index (χ1) is 7.15. The van der Waals surface area contributed by atoms with E-state index in [-0.39, 0.29) is 11.3 Å². The van der Waals surface area contributed by atoms with E-state index in [9.17, 15) is 4.79 Å². The average molecular weight is 223 g/mol. The van der Waals surface area contributed by atoms with Gasteiger partial charge in [0.25, 0.3) is 0 Å². The van der Waals surface area contributed by atoms with Gasteiger partial charge < -0.3 is 4.90 Å². The SMILES string of the molecule is CC(C(=O)N1CC2C(C1)C2(C)C)C(C)(C)C. The maximum absolute atomic E-state index is 12.3. The van der Waals surface area contributed by atoms with Gasteiger partial charge in [0, 0.05) is 19.0 Å². The molecule has 0 spiro atoms. The number of hydrogen-bond acceptors (Lipinski definition) is 1. The van der Waals surface area contributed by atoms with Gasteiger partial charge in [-0.2, -0.15) is 0 Å². The third-order valence-corrected chi connectivity index (χ3v) is 5.10. The van der Waals surface area contributed by atoms with E-state index in [0.717, 1.165) is 24.9 Å². The first-order valence-electron chi connectivity index (χ1n) is 6.44. The highest BCUT2D eigenvalue weighted by Crippen LogP contribution is 2.62. The number of carbonyl (C=O) groups is 1. The third kappa shape index (κ3) is 1.66. The van der Waals surface area contributed by atoms with Crippen molar-refractivity contribution in [1.29, 1.82) is 0 Å². The fraction of sp³-hybridized carbons (Fsp3) is 0.929. The molecular formula is C14H25NO. The second-order valence-electron chi connectivity index (χ2n) is 7.37. The van der Waals surface area contributed by atoms with Crippen molar-refractivity contribution in [3.05, 3.63) is 0 Å². The van der Waals surface area contributed by atoms with Crippen LogP contribution in [0.5, 0.6) is 0 Å². The van der Waals surface area contributed by atoms with E-state index in [4.69, 9.17) is 0 Å². The predicted molar refractivity (Wildman–Crippen MR) is 66.0 cm³/mol. The van der Waals surface area contributed by atoms with Crippen LogP contribution in [0.1, 0.15) is 41.5 Å². The maximum Gasteiger partial charge on any atom is 0.225 e. The Hall–Kier alpha value is -0.530. The number of carbonyl (C=O) groups excluding carboxylic acids is 1. The van der Waals surface area contributed by atoms with Crippen molar-refractivity contribution in [3.63, 3.8) is 0 Å². The van der Waals surface area contributed by atoms with E-state index in [1.807, 2.05) is 0 Å². The fourth-order valence-electron chi connectivity index (χ4n) is 2.96. The van der Waals surface area contributed by atoms with Gasteiger partial charge in [0.1, 0.15) is 0 Å². The van der Waals surface area contributed by atoms with Crippen LogP contribution in [0.4, 0.5) is 0 Å². The first-order valence-corrected chi connectivity index (χ1v) is 6.44. The summed E-state index contributed by atoms with van der Waals surface area (Å²) in [7, 11) is 0. The van der Waals surface area contributed by atoms with Gasteiger partial charge in [-0.3, -0.25) is 4.79 Å². The summed E-state index contributed by atoms with van der Waals surface area (Å²) in [5.41, 5.74) is 0.584. The molecule has 1 saturated heterocycles. The normalized spacial score (nSPS) is 33.5. The molecule has 2 nitrogen and oxygen atoms in total. The molecule has 0 aromatic carbocycles. The van der Waals surface area contributed by atoms with Crippen LogP contribution in [0.2, 0.25) is 0 Å². The topological polar surface area (TPSA) is 20.3 Å². The minimum Gasteiger partial charge on any atom is -0.342 e. The number of fused-ring (bicyclic) bond motifs is 1. The molecular weight excluding hydrogens is 198 g/mol. The highest BCUT2D eigenvalue weighted by molar-refractivity contribution is 5.79. The fourth-order valence-corrected chi connectivity index (χ4v) is 2.96. The van der Waals surface area contributed by atoms with Gasteiger partial charge in [0.15, 0.2) is 0 Å². The van der Waals surface area contributed by atoms with Crippen LogP contribution < -0.4 is 0 Å². The Morgan fingerprint density at radius 2 is 1.69 bits per heavy atom. The standard InChI is InChI=1S/C14H25NO/c1-9(13(2,3)4)12(16)15-7-10-11(8-15)14(10,5)6/h9-11H,7-8H2,1-6H3. The number of piperidine rings is 1. The Morgan fingerprint density at radius 3 is 2.06 bits per heavy atom. The smallest absolute Gasteiger partial charge is 0.225 e. The number of likely N-dealkylation sites (tertiary alicyclic amines) is 1. The van der Waals surface area contributed by atoms with E-state index in [2.05, 4.69) is 46.4 Å². The van der Waals surface area contributed by atoms with Gasteiger partial charge in [-0.25, -0.2) is 0 Å². The Bertz CT molecular complexity index is 299. The summed E-state index contributed by atoms with van der Waals surface area (Å²) in [4.78, 5) is 14.4. The minimum atomic E-state index is 0.0827. The largest absolute Gasteiger partial charge is 0.342 e. The van der Waals surface area contributed by atoms with Crippen molar-refractivity contribution in [2.24, 2.45) is 28.6 Å². The molecule has 2 rings (SSSR count). The summed E-state index contributed by atoms with van der Waals surface area (Å²) in [6.07, 6.45) is 0. The van der Waals surface area contributed by atoms with E-state index in [1.54, 1.807) is 0 Å². The molecule has 0 aromatic heterocycles. The van der Waals surface area contributed by atoms with Crippen LogP contribution in [0, 0.1) is 28.6 Å². The van der Waals surface area contributed by atoms with Crippen LogP contribution >= 0.6 is 0 Å². The number of rotatable bonds is 1. The molecule has 0 N–H and O–H groups in total. The Balaban J connectivity index is 1.95. The predicted octanol–water partition coefficient (Wildman–Crippen LogP) is 2.78. The van der Waals surface area contributed by atoms with Gasteiger partial charge in [-0.1, -0.05) is 41.5 Å². The molecule has 2 heteroatoms. The number of hydrogen-bond donors (Lipinski definition) is 0. The summed E-state index contributed by atoms with van der Waals surface area (Å²) in [5, 5.41) is 0. The molecule has 0 aromatic rings. The zero-order chi connectivity index (χ0) is 12.3. The lowest BCUT2D eigenvalue weighted by Crippen LogP contribution is -2.40. The Kier molecular flexibility index (Phi) is 2.42. The molecule has 16 heavy (non-hydrogen) atoms. The summed E-state index contributed by atoms with van der Waals surface area (Å²) in [6.45, 7) is 15.2. The second-order valence-corrected chi connectivity index (χ2v) is 7.37. The van der Waals surface area contributed by atoms with Gasteiger partial charge in [-0.15, -0.1) is 0 Å². The third-order valence-electron chi connectivity index (χ3n) is 5.10. The molecule has 0 radical (unpaired) electrons. The van der Waals surface area contributed by atoms with Crippen LogP contribution in [-0.4, -0.2) is 23.9 Å². The molecule has 1 amide bonds. The molecule has 2 fully saturated rings. The van der Waals surface area contributed by atoms with E-state index in [0.29, 0.717) is 11.3 Å². The van der Waals surface area contributed by atoms with E-state index in [1.165, 1.54) is 0 Å². The number of amides is 1. The van der Waals surface area contributed by atoms with Gasteiger partial charge in [0.2, 0.25) is 5.91 Å².